The smallest absolute Gasteiger partial charge is 0.152 e. The summed E-state index contributed by atoms with van der Waals surface area (Å²) in [6, 6.07) is 8.18. The Balaban J connectivity index is 2.33. The van der Waals surface area contributed by atoms with Crippen molar-refractivity contribution < 1.29 is 0 Å². The SMILES string of the molecule is CCc1nn(C)c(Nc2cccc(C)c2)c1N. The van der Waals surface area contributed by atoms with Crippen LogP contribution in [0.1, 0.15) is 18.2 Å². The third-order valence-corrected chi connectivity index (χ3v) is 2.78. The second-order valence-corrected chi connectivity index (χ2v) is 4.18. The molecule has 0 atom stereocenters. The summed E-state index contributed by atoms with van der Waals surface area (Å²) >= 11 is 0. The van der Waals surface area contributed by atoms with Crippen LogP contribution in [0.5, 0.6) is 0 Å². The van der Waals surface area contributed by atoms with E-state index < -0.39 is 0 Å². The Bertz CT molecular complexity index is 528. The second-order valence-electron chi connectivity index (χ2n) is 4.18. The first-order valence-electron chi connectivity index (χ1n) is 5.77. The molecule has 0 aliphatic heterocycles. The predicted octanol–water partition coefficient (Wildman–Crippen LogP) is 2.62. The fourth-order valence-corrected chi connectivity index (χ4v) is 1.86. The van der Waals surface area contributed by atoms with Gasteiger partial charge in [0.15, 0.2) is 5.82 Å². The van der Waals surface area contributed by atoms with Crippen molar-refractivity contribution in [3.05, 3.63) is 35.5 Å². The summed E-state index contributed by atoms with van der Waals surface area (Å²) in [6.45, 7) is 4.12. The first kappa shape index (κ1) is 11.5. The summed E-state index contributed by atoms with van der Waals surface area (Å²) < 4.78 is 1.79. The van der Waals surface area contributed by atoms with Crippen LogP contribution in [0.15, 0.2) is 24.3 Å². The lowest BCUT2D eigenvalue weighted by Gasteiger charge is -2.08. The Kier molecular flexibility index (Phi) is 3.04. The third-order valence-electron chi connectivity index (χ3n) is 2.78. The van der Waals surface area contributed by atoms with E-state index in [1.165, 1.54) is 5.56 Å². The van der Waals surface area contributed by atoms with Crippen molar-refractivity contribution in [2.75, 3.05) is 11.1 Å². The van der Waals surface area contributed by atoms with Crippen LogP contribution in [0.25, 0.3) is 0 Å². The maximum absolute atomic E-state index is 6.05. The molecular formula is C13H18N4. The van der Waals surface area contributed by atoms with Crippen LogP contribution < -0.4 is 11.1 Å². The fourth-order valence-electron chi connectivity index (χ4n) is 1.86. The van der Waals surface area contributed by atoms with Gasteiger partial charge in [-0.3, -0.25) is 4.68 Å². The maximum Gasteiger partial charge on any atom is 0.152 e. The highest BCUT2D eigenvalue weighted by molar-refractivity contribution is 5.71. The number of benzene rings is 1. The van der Waals surface area contributed by atoms with Crippen molar-refractivity contribution in [3.8, 4) is 0 Å². The minimum atomic E-state index is 0.733. The van der Waals surface area contributed by atoms with Gasteiger partial charge in [0, 0.05) is 12.7 Å². The first-order chi connectivity index (χ1) is 8.11. The molecule has 3 N–H and O–H groups in total. The van der Waals surface area contributed by atoms with E-state index in [0.29, 0.717) is 0 Å². The van der Waals surface area contributed by atoms with Crippen molar-refractivity contribution in [2.24, 2.45) is 7.05 Å². The van der Waals surface area contributed by atoms with Crippen molar-refractivity contribution >= 4 is 17.2 Å². The van der Waals surface area contributed by atoms with Gasteiger partial charge in [-0.2, -0.15) is 5.10 Å². The van der Waals surface area contributed by atoms with Crippen LogP contribution >= 0.6 is 0 Å². The number of aromatic nitrogens is 2. The lowest BCUT2D eigenvalue weighted by atomic mass is 10.2. The first-order valence-corrected chi connectivity index (χ1v) is 5.77. The number of nitrogens with zero attached hydrogens (tertiary/aromatic N) is 2. The van der Waals surface area contributed by atoms with Crippen LogP contribution in [0.4, 0.5) is 17.2 Å². The van der Waals surface area contributed by atoms with Gasteiger partial charge in [0.05, 0.1) is 11.4 Å². The number of nitrogen functional groups attached to an aromatic ring is 1. The number of anilines is 3. The molecule has 0 radical (unpaired) electrons. The Morgan fingerprint density at radius 1 is 1.41 bits per heavy atom. The van der Waals surface area contributed by atoms with E-state index in [0.717, 1.165) is 29.3 Å². The number of hydrogen-bond donors (Lipinski definition) is 2. The molecule has 90 valence electrons. The van der Waals surface area contributed by atoms with Crippen LogP contribution in [-0.4, -0.2) is 9.78 Å². The summed E-state index contributed by atoms with van der Waals surface area (Å²) in [4.78, 5) is 0. The fraction of sp³-hybridized carbons (Fsp3) is 0.308. The van der Waals surface area contributed by atoms with E-state index in [1.54, 1.807) is 4.68 Å². The molecule has 0 bridgehead atoms. The maximum atomic E-state index is 6.05. The van der Waals surface area contributed by atoms with Crippen molar-refractivity contribution in [1.82, 2.24) is 9.78 Å². The molecule has 0 aliphatic rings. The zero-order valence-electron chi connectivity index (χ0n) is 10.5. The van der Waals surface area contributed by atoms with Crippen molar-refractivity contribution in [3.63, 3.8) is 0 Å². The standard InChI is InChI=1S/C13H18N4/c1-4-11-12(14)13(17(3)16-11)15-10-7-5-6-9(2)8-10/h5-8,15H,4,14H2,1-3H3. The van der Waals surface area contributed by atoms with Crippen LogP contribution in [0.2, 0.25) is 0 Å². The van der Waals surface area contributed by atoms with Crippen molar-refractivity contribution in [2.45, 2.75) is 20.3 Å². The number of rotatable bonds is 3. The average molecular weight is 230 g/mol. The van der Waals surface area contributed by atoms with E-state index in [4.69, 9.17) is 5.73 Å². The van der Waals surface area contributed by atoms with Crippen LogP contribution in [0.3, 0.4) is 0 Å². The highest BCUT2D eigenvalue weighted by Crippen LogP contribution is 2.26. The van der Waals surface area contributed by atoms with E-state index in [9.17, 15) is 0 Å². The van der Waals surface area contributed by atoms with Gasteiger partial charge in [-0.25, -0.2) is 0 Å². The molecule has 0 amide bonds. The van der Waals surface area contributed by atoms with Gasteiger partial charge < -0.3 is 11.1 Å². The molecule has 2 aromatic rings. The molecule has 0 saturated carbocycles. The Hall–Kier alpha value is -1.97. The molecule has 0 fully saturated rings. The lowest BCUT2D eigenvalue weighted by molar-refractivity contribution is 0.753. The number of hydrogen-bond acceptors (Lipinski definition) is 3. The topological polar surface area (TPSA) is 55.9 Å². The zero-order chi connectivity index (χ0) is 12.4. The molecule has 4 nitrogen and oxygen atoms in total. The molecule has 0 aliphatic carbocycles. The lowest BCUT2D eigenvalue weighted by Crippen LogP contribution is -2.01. The molecule has 2 rings (SSSR count). The van der Waals surface area contributed by atoms with E-state index >= 15 is 0 Å². The van der Waals surface area contributed by atoms with E-state index in [2.05, 4.69) is 36.4 Å². The third kappa shape index (κ3) is 2.25. The number of aryl methyl sites for hydroxylation is 3. The monoisotopic (exact) mass is 230 g/mol. The quantitative estimate of drug-likeness (QED) is 0.852. The Morgan fingerprint density at radius 2 is 2.18 bits per heavy atom. The molecule has 4 heteroatoms. The van der Waals surface area contributed by atoms with Gasteiger partial charge in [-0.15, -0.1) is 0 Å². The predicted molar refractivity (Wildman–Crippen MR) is 71.5 cm³/mol. The van der Waals surface area contributed by atoms with Gasteiger partial charge in [-0.05, 0) is 31.0 Å². The molecule has 0 spiro atoms. The van der Waals surface area contributed by atoms with E-state index in [-0.39, 0.29) is 0 Å². The summed E-state index contributed by atoms with van der Waals surface area (Å²) in [5.41, 5.74) is 9.96. The van der Waals surface area contributed by atoms with E-state index in [1.807, 2.05) is 19.2 Å². The van der Waals surface area contributed by atoms with Crippen LogP contribution in [0, 0.1) is 6.92 Å². The molecule has 1 aromatic carbocycles. The van der Waals surface area contributed by atoms with Gasteiger partial charge in [0.1, 0.15) is 0 Å². The zero-order valence-corrected chi connectivity index (χ0v) is 10.5. The van der Waals surface area contributed by atoms with Gasteiger partial charge >= 0.3 is 0 Å². The molecular weight excluding hydrogens is 212 g/mol. The van der Waals surface area contributed by atoms with Crippen LogP contribution in [-0.2, 0) is 13.5 Å². The molecule has 1 aromatic heterocycles. The minimum absolute atomic E-state index is 0.733. The molecule has 0 saturated heterocycles. The normalized spacial score (nSPS) is 10.5. The van der Waals surface area contributed by atoms with Gasteiger partial charge in [-0.1, -0.05) is 19.1 Å². The molecule has 17 heavy (non-hydrogen) atoms. The highest BCUT2D eigenvalue weighted by atomic mass is 15.3. The largest absolute Gasteiger partial charge is 0.394 e. The number of nitrogens with two attached hydrogens (primary N) is 1. The summed E-state index contributed by atoms with van der Waals surface area (Å²) in [7, 11) is 1.90. The second kappa shape index (κ2) is 4.49. The molecule has 1 heterocycles. The molecule has 0 unspecified atom stereocenters. The van der Waals surface area contributed by atoms with Crippen molar-refractivity contribution in [1.29, 1.82) is 0 Å². The van der Waals surface area contributed by atoms with Gasteiger partial charge in [0.25, 0.3) is 0 Å². The Labute approximate surface area is 101 Å². The highest BCUT2D eigenvalue weighted by Gasteiger charge is 2.11. The summed E-state index contributed by atoms with van der Waals surface area (Å²) in [5, 5.41) is 7.69. The Morgan fingerprint density at radius 3 is 2.76 bits per heavy atom. The number of nitrogens with one attached hydrogen (secondary N) is 1. The minimum Gasteiger partial charge on any atom is -0.394 e. The summed E-state index contributed by atoms with van der Waals surface area (Å²) in [5.74, 6) is 0.854. The van der Waals surface area contributed by atoms with Gasteiger partial charge in [0.2, 0.25) is 0 Å². The summed E-state index contributed by atoms with van der Waals surface area (Å²) in [6.07, 6.45) is 0.842. The average Bonchev–Trinajstić information content (AvgIpc) is 2.56.